The molecule has 3 aromatic rings. The van der Waals surface area contributed by atoms with Gasteiger partial charge in [0.1, 0.15) is 11.2 Å². The Balaban J connectivity index is 1.49. The van der Waals surface area contributed by atoms with Crippen LogP contribution in [-0.2, 0) is 0 Å². The Morgan fingerprint density at radius 1 is 1.18 bits per heavy atom. The van der Waals surface area contributed by atoms with Gasteiger partial charge in [0.25, 0.3) is 5.56 Å². The van der Waals surface area contributed by atoms with E-state index in [0.717, 1.165) is 18.5 Å². The van der Waals surface area contributed by atoms with Gasteiger partial charge in [-0.3, -0.25) is 4.79 Å². The minimum atomic E-state index is -2.61. The molecule has 0 radical (unpaired) electrons. The van der Waals surface area contributed by atoms with Gasteiger partial charge < -0.3 is 10.7 Å². The normalized spacial score (nSPS) is 25.1. The zero-order chi connectivity index (χ0) is 19.5. The minimum Gasteiger partial charge on any atom is -0.375 e. The summed E-state index contributed by atoms with van der Waals surface area (Å²) in [6.07, 6.45) is 3.69. The summed E-state index contributed by atoms with van der Waals surface area (Å²) in [5, 5.41) is 7.20. The SMILES string of the molecule is Nc1nc(C2CCC2c2nc3c(cnn3C3CCC(F)(F)CC3)c(=O)[nH]2)cs1. The number of hydrogen-bond acceptors (Lipinski definition) is 6. The molecule has 2 atom stereocenters. The average Bonchev–Trinajstić information content (AvgIpc) is 3.21. The molecule has 148 valence electrons. The van der Waals surface area contributed by atoms with Crippen LogP contribution in [0.15, 0.2) is 16.4 Å². The summed E-state index contributed by atoms with van der Waals surface area (Å²) in [6.45, 7) is 0. The van der Waals surface area contributed by atoms with Crippen molar-refractivity contribution in [1.29, 1.82) is 0 Å². The Labute approximate surface area is 163 Å². The number of halogens is 2. The van der Waals surface area contributed by atoms with Gasteiger partial charge in [-0.2, -0.15) is 5.10 Å². The van der Waals surface area contributed by atoms with E-state index in [1.54, 1.807) is 4.68 Å². The van der Waals surface area contributed by atoms with E-state index < -0.39 is 5.92 Å². The van der Waals surface area contributed by atoms with Crippen LogP contribution in [0.1, 0.15) is 67.9 Å². The lowest BCUT2D eigenvalue weighted by Gasteiger charge is -2.34. The highest BCUT2D eigenvalue weighted by Crippen LogP contribution is 2.48. The predicted octanol–water partition coefficient (Wildman–Crippen LogP) is 3.57. The summed E-state index contributed by atoms with van der Waals surface area (Å²) in [5.74, 6) is -1.75. The highest BCUT2D eigenvalue weighted by molar-refractivity contribution is 7.13. The number of aromatic nitrogens is 5. The fourth-order valence-corrected chi connectivity index (χ4v) is 4.94. The van der Waals surface area contributed by atoms with Crippen molar-refractivity contribution in [2.24, 2.45) is 0 Å². The summed E-state index contributed by atoms with van der Waals surface area (Å²) >= 11 is 1.41. The third-order valence-corrected chi connectivity index (χ3v) is 6.75. The van der Waals surface area contributed by atoms with Crippen molar-refractivity contribution < 1.29 is 8.78 Å². The summed E-state index contributed by atoms with van der Waals surface area (Å²) in [7, 11) is 0. The molecule has 2 saturated carbocycles. The van der Waals surface area contributed by atoms with Crippen LogP contribution in [0.25, 0.3) is 11.0 Å². The first kappa shape index (κ1) is 17.7. The first-order valence-electron chi connectivity index (χ1n) is 9.47. The number of thiazole rings is 1. The van der Waals surface area contributed by atoms with Crippen LogP contribution < -0.4 is 11.3 Å². The Kier molecular flexibility index (Phi) is 4.01. The monoisotopic (exact) mass is 406 g/mol. The molecule has 7 nitrogen and oxygen atoms in total. The second-order valence-corrected chi connectivity index (χ2v) is 8.66. The molecule has 2 fully saturated rings. The molecule has 28 heavy (non-hydrogen) atoms. The van der Waals surface area contributed by atoms with Gasteiger partial charge in [0, 0.05) is 30.1 Å². The third kappa shape index (κ3) is 2.90. The molecular formula is C18H20F2N6OS. The lowest BCUT2D eigenvalue weighted by Crippen LogP contribution is -2.28. The summed E-state index contributed by atoms with van der Waals surface area (Å²) in [5.41, 5.74) is 6.93. The van der Waals surface area contributed by atoms with E-state index in [0.29, 0.717) is 34.8 Å². The Hall–Kier alpha value is -2.36. The number of nitrogens with two attached hydrogens (primary N) is 1. The van der Waals surface area contributed by atoms with Crippen LogP contribution in [0.3, 0.4) is 0 Å². The maximum Gasteiger partial charge on any atom is 0.262 e. The van der Waals surface area contributed by atoms with Crippen molar-refractivity contribution in [1.82, 2.24) is 24.7 Å². The number of anilines is 1. The van der Waals surface area contributed by atoms with E-state index in [1.165, 1.54) is 17.5 Å². The number of hydrogen-bond donors (Lipinski definition) is 2. The molecule has 2 aliphatic carbocycles. The molecule has 2 unspecified atom stereocenters. The summed E-state index contributed by atoms with van der Waals surface area (Å²) in [4.78, 5) is 24.6. The molecule has 3 heterocycles. The molecule has 3 aromatic heterocycles. The van der Waals surface area contributed by atoms with Crippen molar-refractivity contribution in [3.63, 3.8) is 0 Å². The van der Waals surface area contributed by atoms with Gasteiger partial charge in [-0.05, 0) is 25.7 Å². The van der Waals surface area contributed by atoms with Crippen LogP contribution in [0.5, 0.6) is 0 Å². The summed E-state index contributed by atoms with van der Waals surface area (Å²) < 4.78 is 28.7. The van der Waals surface area contributed by atoms with Gasteiger partial charge >= 0.3 is 0 Å². The van der Waals surface area contributed by atoms with E-state index in [2.05, 4.69) is 15.1 Å². The number of nitrogen functional groups attached to an aromatic ring is 1. The van der Waals surface area contributed by atoms with Crippen molar-refractivity contribution >= 4 is 27.5 Å². The van der Waals surface area contributed by atoms with Crippen LogP contribution in [0.2, 0.25) is 0 Å². The number of alkyl halides is 2. The van der Waals surface area contributed by atoms with Gasteiger partial charge in [0.15, 0.2) is 10.8 Å². The molecule has 10 heteroatoms. The fourth-order valence-electron chi connectivity index (χ4n) is 4.32. The minimum absolute atomic E-state index is 0.0673. The standard InChI is InChI=1S/C18H20F2N6OS/c19-18(20)5-3-9(4-6-18)26-15-12(7-22-26)16(27)25-14(24-15)11-2-1-10(11)13-8-28-17(21)23-13/h7-11H,1-6H2,(H2,21,23)(H,24,25,27). The fraction of sp³-hybridized carbons (Fsp3) is 0.556. The maximum absolute atomic E-state index is 13.5. The number of nitrogens with zero attached hydrogens (tertiary/aromatic N) is 4. The van der Waals surface area contributed by atoms with E-state index >= 15 is 0 Å². The van der Waals surface area contributed by atoms with E-state index in [-0.39, 0.29) is 36.3 Å². The molecule has 5 rings (SSSR count). The average molecular weight is 406 g/mol. The molecule has 0 bridgehead atoms. The number of aromatic amines is 1. The van der Waals surface area contributed by atoms with Crippen molar-refractivity contribution in [3.05, 3.63) is 33.4 Å². The molecule has 0 amide bonds. The van der Waals surface area contributed by atoms with Crippen molar-refractivity contribution in [2.45, 2.75) is 62.3 Å². The van der Waals surface area contributed by atoms with Crippen molar-refractivity contribution in [3.8, 4) is 0 Å². The highest BCUT2D eigenvalue weighted by Gasteiger charge is 2.38. The molecule has 3 N–H and O–H groups in total. The smallest absolute Gasteiger partial charge is 0.262 e. The second kappa shape index (κ2) is 6.33. The lowest BCUT2D eigenvalue weighted by molar-refractivity contribution is -0.0446. The first-order valence-corrected chi connectivity index (χ1v) is 10.4. The van der Waals surface area contributed by atoms with Gasteiger partial charge in [-0.25, -0.2) is 23.4 Å². The topological polar surface area (TPSA) is 102 Å². The Morgan fingerprint density at radius 2 is 1.93 bits per heavy atom. The predicted molar refractivity (Wildman–Crippen MR) is 102 cm³/mol. The second-order valence-electron chi connectivity index (χ2n) is 7.77. The number of fused-ring (bicyclic) bond motifs is 1. The van der Waals surface area contributed by atoms with Gasteiger partial charge in [-0.1, -0.05) is 0 Å². The highest BCUT2D eigenvalue weighted by atomic mass is 32.1. The molecular weight excluding hydrogens is 386 g/mol. The maximum atomic E-state index is 13.5. The molecule has 2 aliphatic rings. The number of rotatable bonds is 3. The Morgan fingerprint density at radius 3 is 2.57 bits per heavy atom. The van der Waals surface area contributed by atoms with Crippen LogP contribution in [-0.4, -0.2) is 30.7 Å². The van der Waals surface area contributed by atoms with Crippen molar-refractivity contribution in [2.75, 3.05) is 5.73 Å². The zero-order valence-electron chi connectivity index (χ0n) is 15.1. The third-order valence-electron chi connectivity index (χ3n) is 6.06. The van der Waals surface area contributed by atoms with Gasteiger partial charge in [0.05, 0.1) is 17.9 Å². The quantitative estimate of drug-likeness (QED) is 0.692. The van der Waals surface area contributed by atoms with Crippen LogP contribution >= 0.6 is 11.3 Å². The number of H-pyrrole nitrogens is 1. The number of nitrogens with one attached hydrogen (secondary N) is 1. The molecule has 0 saturated heterocycles. The van der Waals surface area contributed by atoms with E-state index in [1.807, 2.05) is 5.38 Å². The van der Waals surface area contributed by atoms with Gasteiger partial charge in [-0.15, -0.1) is 11.3 Å². The first-order chi connectivity index (χ1) is 13.4. The Bertz CT molecular complexity index is 1080. The largest absolute Gasteiger partial charge is 0.375 e. The molecule has 0 aromatic carbocycles. The van der Waals surface area contributed by atoms with E-state index in [9.17, 15) is 13.6 Å². The van der Waals surface area contributed by atoms with Gasteiger partial charge in [0.2, 0.25) is 5.92 Å². The molecule has 0 spiro atoms. The lowest BCUT2D eigenvalue weighted by atomic mass is 9.71. The zero-order valence-corrected chi connectivity index (χ0v) is 15.9. The van der Waals surface area contributed by atoms with Crippen LogP contribution in [0.4, 0.5) is 13.9 Å². The summed E-state index contributed by atoms with van der Waals surface area (Å²) in [6, 6.07) is -0.158. The van der Waals surface area contributed by atoms with E-state index in [4.69, 9.17) is 10.7 Å². The van der Waals surface area contributed by atoms with Crippen LogP contribution in [0, 0.1) is 0 Å². The molecule has 0 aliphatic heterocycles.